The summed E-state index contributed by atoms with van der Waals surface area (Å²) in [5, 5.41) is 0.838. The van der Waals surface area contributed by atoms with Crippen molar-refractivity contribution in [1.82, 2.24) is 4.90 Å². The Morgan fingerprint density at radius 3 is 2.44 bits per heavy atom. The Morgan fingerprint density at radius 1 is 1.44 bits per heavy atom. The van der Waals surface area contributed by atoms with Gasteiger partial charge in [-0.25, -0.2) is 4.79 Å². The van der Waals surface area contributed by atoms with Gasteiger partial charge >= 0.3 is 6.09 Å². The van der Waals surface area contributed by atoms with Crippen LogP contribution in [0.3, 0.4) is 0 Å². The van der Waals surface area contributed by atoms with Crippen molar-refractivity contribution in [3.63, 3.8) is 0 Å². The van der Waals surface area contributed by atoms with Crippen molar-refractivity contribution in [2.24, 2.45) is 5.92 Å². The lowest BCUT2D eigenvalue weighted by Gasteiger charge is -2.24. The summed E-state index contributed by atoms with van der Waals surface area (Å²) in [4.78, 5) is 13.5. The van der Waals surface area contributed by atoms with Crippen molar-refractivity contribution in [1.29, 1.82) is 0 Å². The van der Waals surface area contributed by atoms with Gasteiger partial charge in [0.2, 0.25) is 0 Å². The lowest BCUT2D eigenvalue weighted by atomic mass is 10.1. The third-order valence-corrected chi connectivity index (χ3v) is 3.37. The highest BCUT2D eigenvalue weighted by Crippen LogP contribution is 2.23. The van der Waals surface area contributed by atoms with Crippen molar-refractivity contribution in [2.45, 2.75) is 32.5 Å². The van der Waals surface area contributed by atoms with Crippen LogP contribution < -0.4 is 0 Å². The van der Waals surface area contributed by atoms with Crippen LogP contribution in [-0.4, -0.2) is 48.2 Å². The zero-order valence-electron chi connectivity index (χ0n) is 10.3. The summed E-state index contributed by atoms with van der Waals surface area (Å²) in [7, 11) is 1.68. The molecule has 1 aliphatic rings. The summed E-state index contributed by atoms with van der Waals surface area (Å²) in [5.41, 5.74) is -0.438. The van der Waals surface area contributed by atoms with Crippen LogP contribution in [-0.2, 0) is 9.47 Å². The number of methoxy groups -OCH3 is 1. The van der Waals surface area contributed by atoms with Crippen LogP contribution in [0.5, 0.6) is 0 Å². The first-order chi connectivity index (χ1) is 7.37. The molecule has 5 heteroatoms. The maximum atomic E-state index is 11.8. The first-order valence-corrected chi connectivity index (χ1v) is 6.56. The van der Waals surface area contributed by atoms with E-state index in [2.05, 4.69) is 15.9 Å². The number of rotatable bonds is 2. The van der Waals surface area contributed by atoms with Crippen LogP contribution in [0.4, 0.5) is 4.79 Å². The molecule has 2 atom stereocenters. The first-order valence-electron chi connectivity index (χ1n) is 5.44. The molecule has 1 saturated heterocycles. The molecule has 94 valence electrons. The van der Waals surface area contributed by atoms with Gasteiger partial charge in [-0.1, -0.05) is 15.9 Å². The number of carbonyl (C=O) groups excluding carboxylic acids is 1. The quantitative estimate of drug-likeness (QED) is 0.733. The average molecular weight is 294 g/mol. The molecular formula is C11H20BrNO3. The van der Waals surface area contributed by atoms with Crippen molar-refractivity contribution >= 4 is 22.0 Å². The zero-order chi connectivity index (χ0) is 12.3. The Morgan fingerprint density at radius 2 is 2.06 bits per heavy atom. The van der Waals surface area contributed by atoms with Crippen molar-refractivity contribution in [3.05, 3.63) is 0 Å². The SMILES string of the molecule is COC1CN(C(=O)OC(C)(C)C)CC1CBr. The summed E-state index contributed by atoms with van der Waals surface area (Å²) in [5.74, 6) is 0.345. The highest BCUT2D eigenvalue weighted by atomic mass is 79.9. The molecular weight excluding hydrogens is 274 g/mol. The van der Waals surface area contributed by atoms with Crippen LogP contribution in [0.2, 0.25) is 0 Å². The van der Waals surface area contributed by atoms with Gasteiger partial charge < -0.3 is 14.4 Å². The van der Waals surface area contributed by atoms with E-state index < -0.39 is 5.60 Å². The van der Waals surface area contributed by atoms with E-state index in [1.165, 1.54) is 0 Å². The highest BCUT2D eigenvalue weighted by molar-refractivity contribution is 9.09. The number of carbonyl (C=O) groups is 1. The Kier molecular flexibility index (Phi) is 4.62. The van der Waals surface area contributed by atoms with Gasteiger partial charge in [-0.2, -0.15) is 0 Å². The summed E-state index contributed by atoms with van der Waals surface area (Å²) >= 11 is 3.44. The van der Waals surface area contributed by atoms with Gasteiger partial charge in [-0.15, -0.1) is 0 Å². The number of hydrogen-bond acceptors (Lipinski definition) is 3. The van der Waals surface area contributed by atoms with Crippen LogP contribution >= 0.6 is 15.9 Å². The number of ether oxygens (including phenoxy) is 2. The third kappa shape index (κ3) is 3.63. The maximum absolute atomic E-state index is 11.8. The molecule has 0 aromatic rings. The number of halogens is 1. The maximum Gasteiger partial charge on any atom is 0.410 e. The molecule has 0 aromatic carbocycles. The molecule has 1 amide bonds. The summed E-state index contributed by atoms with van der Waals surface area (Å²) in [6, 6.07) is 0. The molecule has 1 rings (SSSR count). The van der Waals surface area contributed by atoms with Gasteiger partial charge in [-0.05, 0) is 20.8 Å². The first kappa shape index (κ1) is 13.8. The van der Waals surface area contributed by atoms with Gasteiger partial charge in [0.05, 0.1) is 12.6 Å². The highest BCUT2D eigenvalue weighted by Gasteiger charge is 2.36. The van der Waals surface area contributed by atoms with E-state index in [-0.39, 0.29) is 12.2 Å². The van der Waals surface area contributed by atoms with E-state index in [4.69, 9.17) is 9.47 Å². The lowest BCUT2D eigenvalue weighted by molar-refractivity contribution is 0.0252. The average Bonchev–Trinajstić information content (AvgIpc) is 2.57. The molecule has 0 bridgehead atoms. The number of nitrogens with zero attached hydrogens (tertiary/aromatic N) is 1. The molecule has 4 nitrogen and oxygen atoms in total. The molecule has 0 saturated carbocycles. The Balaban J connectivity index is 2.54. The minimum Gasteiger partial charge on any atom is -0.444 e. The summed E-state index contributed by atoms with van der Waals surface area (Å²) < 4.78 is 10.7. The number of alkyl halides is 1. The zero-order valence-corrected chi connectivity index (χ0v) is 11.9. The van der Waals surface area contributed by atoms with E-state index in [0.717, 1.165) is 5.33 Å². The molecule has 0 spiro atoms. The van der Waals surface area contributed by atoms with Crippen LogP contribution in [0.15, 0.2) is 0 Å². The van der Waals surface area contributed by atoms with Crippen molar-refractivity contribution in [2.75, 3.05) is 25.5 Å². The van der Waals surface area contributed by atoms with Gasteiger partial charge in [0.25, 0.3) is 0 Å². The van der Waals surface area contributed by atoms with Crippen LogP contribution in [0.25, 0.3) is 0 Å². The molecule has 16 heavy (non-hydrogen) atoms. The largest absolute Gasteiger partial charge is 0.444 e. The van der Waals surface area contributed by atoms with Crippen LogP contribution in [0.1, 0.15) is 20.8 Å². The molecule has 1 aliphatic heterocycles. The van der Waals surface area contributed by atoms with Gasteiger partial charge in [0, 0.05) is 24.9 Å². The second kappa shape index (κ2) is 5.36. The topological polar surface area (TPSA) is 38.8 Å². The Hall–Kier alpha value is -0.290. The summed E-state index contributed by atoms with van der Waals surface area (Å²) in [6.45, 7) is 6.92. The number of likely N-dealkylation sites (tertiary alicyclic amines) is 1. The fourth-order valence-corrected chi connectivity index (χ4v) is 2.35. The van der Waals surface area contributed by atoms with Crippen molar-refractivity contribution in [3.8, 4) is 0 Å². The standard InChI is InChI=1S/C11H20BrNO3/c1-11(2,3)16-10(14)13-6-8(5-12)9(7-13)15-4/h8-9H,5-7H2,1-4H3. The molecule has 0 aromatic heterocycles. The minimum absolute atomic E-state index is 0.104. The van der Waals surface area contributed by atoms with Gasteiger partial charge in [-0.3, -0.25) is 0 Å². The Labute approximate surface area is 105 Å². The molecule has 1 heterocycles. The second-order valence-corrected chi connectivity index (χ2v) is 5.72. The van der Waals surface area contributed by atoms with E-state index >= 15 is 0 Å². The smallest absolute Gasteiger partial charge is 0.410 e. The number of amides is 1. The molecule has 0 radical (unpaired) electrons. The molecule has 1 fully saturated rings. The second-order valence-electron chi connectivity index (χ2n) is 5.07. The fraction of sp³-hybridized carbons (Fsp3) is 0.909. The summed E-state index contributed by atoms with van der Waals surface area (Å²) in [6.07, 6.45) is -0.148. The minimum atomic E-state index is -0.438. The third-order valence-electron chi connectivity index (χ3n) is 2.53. The van der Waals surface area contributed by atoms with E-state index in [1.54, 1.807) is 12.0 Å². The van der Waals surface area contributed by atoms with E-state index in [9.17, 15) is 4.79 Å². The van der Waals surface area contributed by atoms with Gasteiger partial charge in [0.1, 0.15) is 5.60 Å². The molecule has 0 aliphatic carbocycles. The predicted molar refractivity (Wildman–Crippen MR) is 65.9 cm³/mol. The van der Waals surface area contributed by atoms with Crippen molar-refractivity contribution < 1.29 is 14.3 Å². The lowest BCUT2D eigenvalue weighted by Crippen LogP contribution is -2.36. The predicted octanol–water partition coefficient (Wildman–Crippen LogP) is 2.26. The fourth-order valence-electron chi connectivity index (χ4n) is 1.73. The normalized spacial score (nSPS) is 25.9. The molecule has 0 N–H and O–H groups in total. The van der Waals surface area contributed by atoms with E-state index in [1.807, 2.05) is 20.8 Å². The molecule has 2 unspecified atom stereocenters. The monoisotopic (exact) mass is 293 g/mol. The Bertz CT molecular complexity index is 240. The van der Waals surface area contributed by atoms with Crippen LogP contribution in [0, 0.1) is 5.92 Å². The van der Waals surface area contributed by atoms with Gasteiger partial charge in [0.15, 0.2) is 0 Å². The van der Waals surface area contributed by atoms with E-state index in [0.29, 0.717) is 19.0 Å². The number of hydrogen-bond donors (Lipinski definition) is 0.